The van der Waals surface area contributed by atoms with E-state index in [1.165, 1.54) is 6.07 Å². The van der Waals surface area contributed by atoms with Crippen molar-refractivity contribution in [2.24, 2.45) is 0 Å². The Morgan fingerprint density at radius 3 is 2.63 bits per heavy atom. The van der Waals surface area contributed by atoms with E-state index in [-0.39, 0.29) is 18.8 Å². The highest BCUT2D eigenvalue weighted by molar-refractivity contribution is 14.1. The van der Waals surface area contributed by atoms with Crippen LogP contribution in [-0.2, 0) is 16.0 Å². The average Bonchev–Trinajstić information content (AvgIpc) is 2.29. The summed E-state index contributed by atoms with van der Waals surface area (Å²) in [5.41, 5.74) is 0.552. The second kappa shape index (κ2) is 6.97. The zero-order valence-corrected chi connectivity index (χ0v) is 12.2. The minimum atomic E-state index is -4.39. The molecule has 0 aliphatic heterocycles. The molecule has 0 unspecified atom stereocenters. The summed E-state index contributed by atoms with van der Waals surface area (Å²) in [5.74, 6) is -0.315. The van der Waals surface area contributed by atoms with E-state index in [0.717, 1.165) is 0 Å². The van der Waals surface area contributed by atoms with Crippen molar-refractivity contribution in [2.45, 2.75) is 19.5 Å². The van der Waals surface area contributed by atoms with Gasteiger partial charge in [-0.1, -0.05) is 6.07 Å². The van der Waals surface area contributed by atoms with Gasteiger partial charge in [-0.2, -0.15) is 13.2 Å². The monoisotopic (exact) mass is 388 g/mol. The molecule has 0 spiro atoms. The molecule has 19 heavy (non-hydrogen) atoms. The summed E-state index contributed by atoms with van der Waals surface area (Å²) in [6.45, 7) is 0.593. The van der Waals surface area contributed by atoms with Gasteiger partial charge >= 0.3 is 12.1 Å². The van der Waals surface area contributed by atoms with Crippen LogP contribution in [0, 0.1) is 3.57 Å². The number of ether oxygens (including phenoxy) is 2. The zero-order valence-electron chi connectivity index (χ0n) is 10.1. The van der Waals surface area contributed by atoms with Gasteiger partial charge < -0.3 is 9.47 Å². The van der Waals surface area contributed by atoms with Gasteiger partial charge in [0.25, 0.3) is 0 Å². The molecular formula is C12H12F3IO3. The van der Waals surface area contributed by atoms with Crippen molar-refractivity contribution < 1.29 is 27.4 Å². The van der Waals surface area contributed by atoms with Crippen molar-refractivity contribution in [3.05, 3.63) is 27.3 Å². The maximum absolute atomic E-state index is 12.1. The van der Waals surface area contributed by atoms with Crippen LogP contribution in [0.3, 0.4) is 0 Å². The van der Waals surface area contributed by atoms with Gasteiger partial charge in [-0.25, -0.2) is 0 Å². The van der Waals surface area contributed by atoms with E-state index in [4.69, 9.17) is 9.47 Å². The highest BCUT2D eigenvalue weighted by atomic mass is 127. The van der Waals surface area contributed by atoms with Crippen molar-refractivity contribution in [3.8, 4) is 5.75 Å². The van der Waals surface area contributed by atoms with E-state index in [2.05, 4.69) is 0 Å². The maximum Gasteiger partial charge on any atom is 0.422 e. The molecule has 0 aromatic heterocycles. The molecule has 0 saturated carbocycles. The number of benzene rings is 1. The topological polar surface area (TPSA) is 35.5 Å². The lowest BCUT2D eigenvalue weighted by Gasteiger charge is -2.12. The fraction of sp³-hybridized carbons (Fsp3) is 0.417. The quantitative estimate of drug-likeness (QED) is 0.574. The average molecular weight is 388 g/mol. The Morgan fingerprint density at radius 2 is 2.05 bits per heavy atom. The molecule has 1 aromatic rings. The van der Waals surface area contributed by atoms with Gasteiger partial charge in [-0.3, -0.25) is 4.79 Å². The molecule has 3 nitrogen and oxygen atoms in total. The molecule has 0 N–H and O–H groups in total. The summed E-state index contributed by atoms with van der Waals surface area (Å²) in [4.78, 5) is 11.3. The third-order valence-electron chi connectivity index (χ3n) is 2.04. The molecule has 0 atom stereocenters. The summed E-state index contributed by atoms with van der Waals surface area (Å²) in [6.07, 6.45) is -4.38. The SMILES string of the molecule is CCOC(=O)Cc1ccc(I)c(OCC(F)(F)F)c1. The van der Waals surface area contributed by atoms with Gasteiger partial charge in [0.15, 0.2) is 6.61 Å². The lowest BCUT2D eigenvalue weighted by molar-refractivity contribution is -0.153. The number of hydrogen-bond donors (Lipinski definition) is 0. The lowest BCUT2D eigenvalue weighted by atomic mass is 10.1. The highest BCUT2D eigenvalue weighted by Gasteiger charge is 2.28. The van der Waals surface area contributed by atoms with Gasteiger partial charge in [0.05, 0.1) is 16.6 Å². The van der Waals surface area contributed by atoms with E-state index in [1.807, 2.05) is 22.6 Å². The van der Waals surface area contributed by atoms with E-state index in [9.17, 15) is 18.0 Å². The second-order valence-corrected chi connectivity index (χ2v) is 4.81. The molecule has 0 saturated heterocycles. The predicted octanol–water partition coefficient (Wildman–Crippen LogP) is 3.34. The van der Waals surface area contributed by atoms with Crippen LogP contribution in [0.4, 0.5) is 13.2 Å². The van der Waals surface area contributed by atoms with Crippen LogP contribution >= 0.6 is 22.6 Å². The third-order valence-corrected chi connectivity index (χ3v) is 2.93. The number of hydrogen-bond acceptors (Lipinski definition) is 3. The van der Waals surface area contributed by atoms with Crippen molar-refractivity contribution in [1.82, 2.24) is 0 Å². The molecule has 0 aliphatic rings. The second-order valence-electron chi connectivity index (χ2n) is 3.65. The van der Waals surface area contributed by atoms with Gasteiger partial charge in [0.2, 0.25) is 0 Å². The molecule has 0 bridgehead atoms. The molecule has 0 radical (unpaired) electrons. The molecule has 0 aliphatic carbocycles. The van der Waals surface area contributed by atoms with Gasteiger partial charge in [0, 0.05) is 0 Å². The highest BCUT2D eigenvalue weighted by Crippen LogP contribution is 2.25. The first kappa shape index (κ1) is 16.1. The summed E-state index contributed by atoms with van der Waals surface area (Å²) in [6, 6.07) is 4.67. The van der Waals surface area contributed by atoms with E-state index >= 15 is 0 Å². The molecular weight excluding hydrogens is 376 g/mol. The zero-order chi connectivity index (χ0) is 14.5. The number of esters is 1. The molecule has 0 heterocycles. The summed E-state index contributed by atoms with van der Waals surface area (Å²) >= 11 is 1.87. The Balaban J connectivity index is 2.74. The summed E-state index contributed by atoms with van der Waals surface area (Å²) in [5, 5.41) is 0. The Bertz CT molecular complexity index is 446. The summed E-state index contributed by atoms with van der Waals surface area (Å²) < 4.78 is 46.3. The van der Waals surface area contributed by atoms with Crippen LogP contribution in [0.1, 0.15) is 12.5 Å². The number of carbonyl (C=O) groups excluding carboxylic acids is 1. The Kier molecular flexibility index (Phi) is 5.89. The maximum atomic E-state index is 12.1. The minimum Gasteiger partial charge on any atom is -0.483 e. The van der Waals surface area contributed by atoms with Crippen LogP contribution in [0.2, 0.25) is 0 Å². The lowest BCUT2D eigenvalue weighted by Crippen LogP contribution is -2.19. The molecule has 1 rings (SSSR count). The first-order chi connectivity index (χ1) is 8.81. The van der Waals surface area contributed by atoms with Crippen molar-refractivity contribution >= 4 is 28.6 Å². The van der Waals surface area contributed by atoms with Crippen LogP contribution < -0.4 is 4.74 Å². The van der Waals surface area contributed by atoms with Crippen LogP contribution in [0.15, 0.2) is 18.2 Å². The molecule has 106 valence electrons. The fourth-order valence-electron chi connectivity index (χ4n) is 1.31. The Hall–Kier alpha value is -0.990. The number of alkyl halides is 3. The largest absolute Gasteiger partial charge is 0.483 e. The molecule has 0 amide bonds. The number of halogens is 4. The minimum absolute atomic E-state index is 0.00708. The van der Waals surface area contributed by atoms with Gasteiger partial charge in [0.1, 0.15) is 5.75 Å². The van der Waals surface area contributed by atoms with E-state index in [1.54, 1.807) is 19.1 Å². The molecule has 7 heteroatoms. The normalized spacial score (nSPS) is 11.2. The summed E-state index contributed by atoms with van der Waals surface area (Å²) in [7, 11) is 0. The number of carbonyl (C=O) groups is 1. The van der Waals surface area contributed by atoms with Gasteiger partial charge in [-0.05, 0) is 47.2 Å². The Morgan fingerprint density at radius 1 is 1.37 bits per heavy atom. The first-order valence-electron chi connectivity index (χ1n) is 5.45. The molecule has 1 aromatic carbocycles. The van der Waals surface area contributed by atoms with Gasteiger partial charge in [-0.15, -0.1) is 0 Å². The van der Waals surface area contributed by atoms with E-state index < -0.39 is 18.8 Å². The smallest absolute Gasteiger partial charge is 0.422 e. The number of rotatable bonds is 5. The van der Waals surface area contributed by atoms with E-state index in [0.29, 0.717) is 9.13 Å². The standard InChI is InChI=1S/C12H12F3IO3/c1-2-18-11(17)6-8-3-4-9(16)10(5-8)19-7-12(13,14)15/h3-5H,2,6-7H2,1H3. The van der Waals surface area contributed by atoms with Crippen LogP contribution in [-0.4, -0.2) is 25.4 Å². The fourth-order valence-corrected chi connectivity index (χ4v) is 1.80. The van der Waals surface area contributed by atoms with Crippen LogP contribution in [0.5, 0.6) is 5.75 Å². The predicted molar refractivity (Wildman–Crippen MR) is 71.0 cm³/mol. The van der Waals surface area contributed by atoms with Crippen molar-refractivity contribution in [2.75, 3.05) is 13.2 Å². The third kappa shape index (κ3) is 6.13. The van der Waals surface area contributed by atoms with Crippen molar-refractivity contribution in [1.29, 1.82) is 0 Å². The Labute approximate surface area is 122 Å². The van der Waals surface area contributed by atoms with Crippen molar-refractivity contribution in [3.63, 3.8) is 0 Å². The van der Waals surface area contributed by atoms with Crippen LogP contribution in [0.25, 0.3) is 0 Å². The first-order valence-corrected chi connectivity index (χ1v) is 6.53. The molecule has 0 fully saturated rings.